The third-order valence-corrected chi connectivity index (χ3v) is 3.46. The van der Waals surface area contributed by atoms with E-state index in [1.54, 1.807) is 18.2 Å². The number of fused-ring (bicyclic) bond motifs is 1. The Balaban J connectivity index is 2.33. The SMILES string of the molecule is COc1ccc2c(c1)OCCN(S(=O)(=O)F)C2. The van der Waals surface area contributed by atoms with Gasteiger partial charge in [0.2, 0.25) is 0 Å². The average molecular weight is 261 g/mol. The van der Waals surface area contributed by atoms with Crippen LogP contribution in [-0.4, -0.2) is 33.0 Å². The van der Waals surface area contributed by atoms with E-state index in [1.165, 1.54) is 7.11 Å². The molecule has 0 aromatic heterocycles. The van der Waals surface area contributed by atoms with Gasteiger partial charge in [0, 0.05) is 18.2 Å². The summed E-state index contributed by atoms with van der Waals surface area (Å²) >= 11 is 0. The first-order valence-electron chi connectivity index (χ1n) is 5.00. The van der Waals surface area contributed by atoms with Crippen LogP contribution < -0.4 is 9.47 Å². The number of hydrogen-bond donors (Lipinski definition) is 0. The molecule has 1 heterocycles. The molecule has 17 heavy (non-hydrogen) atoms. The predicted molar refractivity (Wildman–Crippen MR) is 58.9 cm³/mol. The highest BCUT2D eigenvalue weighted by Crippen LogP contribution is 2.28. The summed E-state index contributed by atoms with van der Waals surface area (Å²) in [6, 6.07) is 5.00. The van der Waals surface area contributed by atoms with Crippen LogP contribution in [0.2, 0.25) is 0 Å². The lowest BCUT2D eigenvalue weighted by molar-refractivity contribution is 0.286. The van der Waals surface area contributed by atoms with Crippen molar-refractivity contribution < 1.29 is 21.8 Å². The topological polar surface area (TPSA) is 55.8 Å². The largest absolute Gasteiger partial charge is 0.497 e. The average Bonchev–Trinajstić information content (AvgIpc) is 2.49. The molecule has 0 radical (unpaired) electrons. The van der Waals surface area contributed by atoms with E-state index in [4.69, 9.17) is 9.47 Å². The minimum Gasteiger partial charge on any atom is -0.497 e. The van der Waals surface area contributed by atoms with Crippen molar-refractivity contribution in [3.05, 3.63) is 23.8 Å². The number of hydrogen-bond acceptors (Lipinski definition) is 4. The van der Waals surface area contributed by atoms with Gasteiger partial charge in [-0.05, 0) is 6.07 Å². The third-order valence-electron chi connectivity index (χ3n) is 2.53. The molecular weight excluding hydrogens is 249 g/mol. The maximum absolute atomic E-state index is 12.9. The molecule has 0 saturated carbocycles. The lowest BCUT2D eigenvalue weighted by Gasteiger charge is -2.13. The van der Waals surface area contributed by atoms with Crippen molar-refractivity contribution in [1.82, 2.24) is 4.31 Å². The van der Waals surface area contributed by atoms with Crippen LogP contribution >= 0.6 is 0 Å². The zero-order valence-corrected chi connectivity index (χ0v) is 10.0. The fourth-order valence-corrected chi connectivity index (χ4v) is 2.23. The van der Waals surface area contributed by atoms with Crippen LogP contribution in [0.25, 0.3) is 0 Å². The molecule has 1 aliphatic heterocycles. The Kier molecular flexibility index (Phi) is 3.21. The highest BCUT2D eigenvalue weighted by Gasteiger charge is 2.25. The van der Waals surface area contributed by atoms with Crippen molar-refractivity contribution in [2.75, 3.05) is 20.3 Å². The summed E-state index contributed by atoms with van der Waals surface area (Å²) in [7, 11) is -3.16. The van der Waals surface area contributed by atoms with Gasteiger partial charge in [-0.25, -0.2) is 0 Å². The molecule has 94 valence electrons. The van der Waals surface area contributed by atoms with Crippen molar-refractivity contribution in [3.63, 3.8) is 0 Å². The van der Waals surface area contributed by atoms with Crippen LogP contribution in [-0.2, 0) is 17.0 Å². The number of rotatable bonds is 2. The van der Waals surface area contributed by atoms with Gasteiger partial charge >= 0.3 is 10.4 Å². The van der Waals surface area contributed by atoms with E-state index >= 15 is 0 Å². The Hall–Kier alpha value is -1.34. The molecular formula is C10H12FNO4S. The van der Waals surface area contributed by atoms with Gasteiger partial charge in [0.1, 0.15) is 18.1 Å². The minimum atomic E-state index is -4.69. The van der Waals surface area contributed by atoms with Crippen LogP contribution in [0.4, 0.5) is 3.89 Å². The van der Waals surface area contributed by atoms with Crippen LogP contribution in [0.3, 0.4) is 0 Å². The zero-order valence-electron chi connectivity index (χ0n) is 9.22. The second-order valence-corrected chi connectivity index (χ2v) is 4.94. The summed E-state index contributed by atoms with van der Waals surface area (Å²) in [5.74, 6) is 1.14. The van der Waals surface area contributed by atoms with Gasteiger partial charge < -0.3 is 9.47 Å². The number of halogens is 1. The highest BCUT2D eigenvalue weighted by atomic mass is 32.3. The Morgan fingerprint density at radius 1 is 1.47 bits per heavy atom. The Bertz CT molecular complexity index is 517. The molecule has 1 aliphatic rings. The summed E-state index contributed by atoms with van der Waals surface area (Å²) in [6.45, 7) is 0.0807. The van der Waals surface area contributed by atoms with Gasteiger partial charge in [-0.1, -0.05) is 9.95 Å². The van der Waals surface area contributed by atoms with E-state index in [9.17, 15) is 12.3 Å². The summed E-state index contributed by atoms with van der Waals surface area (Å²) in [4.78, 5) is 0. The van der Waals surface area contributed by atoms with Crippen molar-refractivity contribution in [2.24, 2.45) is 0 Å². The standard InChI is InChI=1S/C10H12FNO4S/c1-15-9-3-2-8-7-12(17(11,13)14)4-5-16-10(8)6-9/h2-3,6H,4-5,7H2,1H3. The Morgan fingerprint density at radius 3 is 2.88 bits per heavy atom. The first-order valence-corrected chi connectivity index (χ1v) is 6.34. The number of benzene rings is 1. The number of nitrogens with zero attached hydrogens (tertiary/aromatic N) is 1. The summed E-state index contributed by atoms with van der Waals surface area (Å²) < 4.78 is 45.7. The van der Waals surface area contributed by atoms with Gasteiger partial charge in [-0.2, -0.15) is 12.7 Å². The molecule has 0 unspecified atom stereocenters. The fraction of sp³-hybridized carbons (Fsp3) is 0.400. The molecule has 0 fully saturated rings. The highest BCUT2D eigenvalue weighted by molar-refractivity contribution is 7.83. The summed E-state index contributed by atoms with van der Waals surface area (Å²) in [5.41, 5.74) is 0.615. The van der Waals surface area contributed by atoms with Crippen LogP contribution in [0, 0.1) is 0 Å². The molecule has 1 aromatic rings. The zero-order chi connectivity index (χ0) is 12.5. The Morgan fingerprint density at radius 2 is 2.24 bits per heavy atom. The second kappa shape index (κ2) is 4.50. The fourth-order valence-electron chi connectivity index (χ4n) is 1.64. The maximum Gasteiger partial charge on any atom is 0.375 e. The van der Waals surface area contributed by atoms with Crippen LogP contribution in [0.1, 0.15) is 5.56 Å². The third kappa shape index (κ3) is 2.67. The Labute approximate surface area is 99.1 Å². The number of ether oxygens (including phenoxy) is 2. The molecule has 0 bridgehead atoms. The molecule has 5 nitrogen and oxygen atoms in total. The molecule has 1 aromatic carbocycles. The van der Waals surface area contributed by atoms with E-state index in [1.807, 2.05) is 0 Å². The lowest BCUT2D eigenvalue weighted by Crippen LogP contribution is -2.29. The van der Waals surface area contributed by atoms with Crippen molar-refractivity contribution in [3.8, 4) is 11.5 Å². The van der Waals surface area contributed by atoms with Crippen molar-refractivity contribution >= 4 is 10.4 Å². The van der Waals surface area contributed by atoms with Gasteiger partial charge in [0.15, 0.2) is 0 Å². The molecule has 7 heteroatoms. The summed E-state index contributed by atoms with van der Waals surface area (Å²) in [5, 5.41) is 0. The van der Waals surface area contributed by atoms with Crippen molar-refractivity contribution in [2.45, 2.75) is 6.54 Å². The molecule has 0 amide bonds. The van der Waals surface area contributed by atoms with Crippen LogP contribution in [0.15, 0.2) is 18.2 Å². The maximum atomic E-state index is 12.9. The van der Waals surface area contributed by atoms with E-state index in [0.29, 0.717) is 17.1 Å². The first-order chi connectivity index (χ1) is 8.00. The molecule has 2 rings (SSSR count). The van der Waals surface area contributed by atoms with E-state index in [2.05, 4.69) is 0 Å². The van der Waals surface area contributed by atoms with E-state index in [-0.39, 0.29) is 19.7 Å². The smallest absolute Gasteiger partial charge is 0.375 e. The van der Waals surface area contributed by atoms with E-state index in [0.717, 1.165) is 4.31 Å². The first kappa shape index (κ1) is 12.1. The van der Waals surface area contributed by atoms with Gasteiger partial charge in [-0.15, -0.1) is 0 Å². The normalized spacial score (nSPS) is 16.8. The van der Waals surface area contributed by atoms with Gasteiger partial charge in [0.25, 0.3) is 0 Å². The molecule has 0 atom stereocenters. The molecule has 0 spiro atoms. The second-order valence-electron chi connectivity index (χ2n) is 3.60. The quantitative estimate of drug-likeness (QED) is 0.748. The predicted octanol–water partition coefficient (Wildman–Crippen LogP) is 1.10. The summed E-state index contributed by atoms with van der Waals surface area (Å²) in [6.07, 6.45) is 0. The molecule has 0 N–H and O–H groups in total. The monoisotopic (exact) mass is 261 g/mol. The minimum absolute atomic E-state index is 0.00414. The van der Waals surface area contributed by atoms with Crippen LogP contribution in [0.5, 0.6) is 11.5 Å². The van der Waals surface area contributed by atoms with Gasteiger partial charge in [0.05, 0.1) is 13.7 Å². The molecule has 0 saturated heterocycles. The van der Waals surface area contributed by atoms with E-state index < -0.39 is 10.4 Å². The van der Waals surface area contributed by atoms with Gasteiger partial charge in [-0.3, -0.25) is 0 Å². The van der Waals surface area contributed by atoms with Crippen molar-refractivity contribution in [1.29, 1.82) is 0 Å². The molecule has 0 aliphatic carbocycles. The lowest BCUT2D eigenvalue weighted by atomic mass is 10.2. The number of methoxy groups -OCH3 is 1.